The summed E-state index contributed by atoms with van der Waals surface area (Å²) in [7, 11) is 0. The number of aliphatic hydroxyl groups is 1. The summed E-state index contributed by atoms with van der Waals surface area (Å²) in [5.74, 6) is 0. The highest BCUT2D eigenvalue weighted by atomic mass is 35.5. The number of hydrogen-bond acceptors (Lipinski definition) is 4. The molecule has 0 spiro atoms. The van der Waals surface area contributed by atoms with Crippen molar-refractivity contribution >= 4 is 22.9 Å². The average Bonchev–Trinajstić information content (AvgIpc) is 2.71. The molecule has 2 heterocycles. The number of thiophene rings is 1. The summed E-state index contributed by atoms with van der Waals surface area (Å²) in [6.07, 6.45) is -0.555. The number of halogens is 1. The molecule has 1 aliphatic rings. The molecule has 0 bridgehead atoms. The third kappa shape index (κ3) is 2.03. The van der Waals surface area contributed by atoms with Gasteiger partial charge in [-0.05, 0) is 12.1 Å². The zero-order valence-electron chi connectivity index (χ0n) is 6.77. The molecule has 0 amide bonds. The Morgan fingerprint density at radius 2 is 2.46 bits per heavy atom. The van der Waals surface area contributed by atoms with Crippen molar-refractivity contribution in [2.24, 2.45) is 0 Å². The lowest BCUT2D eigenvalue weighted by Gasteiger charge is -2.06. The van der Waals surface area contributed by atoms with Crippen molar-refractivity contribution in [2.75, 3.05) is 13.2 Å². The van der Waals surface area contributed by atoms with Gasteiger partial charge in [0.05, 0.1) is 22.4 Å². The van der Waals surface area contributed by atoms with Crippen molar-refractivity contribution in [3.05, 3.63) is 21.3 Å². The molecular formula is C8H9ClO3S. The molecule has 0 saturated carbocycles. The zero-order valence-corrected chi connectivity index (χ0v) is 8.35. The quantitative estimate of drug-likeness (QED) is 0.826. The van der Waals surface area contributed by atoms with Gasteiger partial charge in [0.15, 0.2) is 6.29 Å². The fourth-order valence-electron chi connectivity index (χ4n) is 1.15. The minimum absolute atomic E-state index is 0.00436. The molecule has 1 N–H and O–H groups in total. The van der Waals surface area contributed by atoms with Crippen LogP contribution < -0.4 is 0 Å². The molecule has 2 rings (SSSR count). The average molecular weight is 221 g/mol. The molecule has 13 heavy (non-hydrogen) atoms. The van der Waals surface area contributed by atoms with Crippen molar-refractivity contribution < 1.29 is 14.6 Å². The molecule has 1 fully saturated rings. The fraction of sp³-hybridized carbons (Fsp3) is 0.500. The molecule has 3 nitrogen and oxygen atoms in total. The summed E-state index contributed by atoms with van der Waals surface area (Å²) in [4.78, 5) is 0.945. The fourth-order valence-corrected chi connectivity index (χ4v) is 2.20. The standard InChI is InChI=1S/C8H9ClO3S/c9-7-2-1-6(13-7)8-11-4-5(3-10)12-8/h1-2,5,8,10H,3-4H2. The van der Waals surface area contributed by atoms with Crippen LogP contribution in [0.5, 0.6) is 0 Å². The van der Waals surface area contributed by atoms with E-state index in [-0.39, 0.29) is 19.0 Å². The molecule has 5 heteroatoms. The van der Waals surface area contributed by atoms with Crippen LogP contribution in [-0.2, 0) is 9.47 Å². The van der Waals surface area contributed by atoms with E-state index in [2.05, 4.69) is 0 Å². The Bertz CT molecular complexity index is 289. The lowest BCUT2D eigenvalue weighted by molar-refractivity contribution is -0.0651. The largest absolute Gasteiger partial charge is 0.394 e. The van der Waals surface area contributed by atoms with Crippen LogP contribution in [-0.4, -0.2) is 24.4 Å². The predicted octanol–water partition coefficient (Wildman–Crippen LogP) is 1.81. The summed E-state index contributed by atoms with van der Waals surface area (Å²) >= 11 is 7.20. The van der Waals surface area contributed by atoms with Gasteiger partial charge >= 0.3 is 0 Å². The van der Waals surface area contributed by atoms with Crippen LogP contribution in [0, 0.1) is 0 Å². The first kappa shape index (κ1) is 9.43. The van der Waals surface area contributed by atoms with Gasteiger partial charge in [0.2, 0.25) is 0 Å². The molecular weight excluding hydrogens is 212 g/mol. The summed E-state index contributed by atoms with van der Waals surface area (Å²) < 4.78 is 11.4. The summed E-state index contributed by atoms with van der Waals surface area (Å²) in [5.41, 5.74) is 0. The lowest BCUT2D eigenvalue weighted by atomic mass is 10.4. The number of aliphatic hydroxyl groups excluding tert-OH is 1. The van der Waals surface area contributed by atoms with Gasteiger partial charge in [-0.3, -0.25) is 0 Å². The SMILES string of the molecule is OCC1COC(c2ccc(Cl)s2)O1. The topological polar surface area (TPSA) is 38.7 Å². The Labute approximate surface area is 84.9 Å². The van der Waals surface area contributed by atoms with Crippen molar-refractivity contribution in [1.82, 2.24) is 0 Å². The monoisotopic (exact) mass is 220 g/mol. The van der Waals surface area contributed by atoms with Crippen molar-refractivity contribution in [2.45, 2.75) is 12.4 Å². The molecule has 2 unspecified atom stereocenters. The van der Waals surface area contributed by atoms with Crippen LogP contribution in [0.25, 0.3) is 0 Å². The first-order valence-corrected chi connectivity index (χ1v) is 5.12. The number of rotatable bonds is 2. The van der Waals surface area contributed by atoms with E-state index in [0.29, 0.717) is 6.61 Å². The Balaban J connectivity index is 2.03. The molecule has 0 aliphatic carbocycles. The minimum atomic E-state index is -0.352. The van der Waals surface area contributed by atoms with Gasteiger partial charge in [-0.2, -0.15) is 0 Å². The molecule has 0 aromatic carbocycles. The van der Waals surface area contributed by atoms with Crippen LogP contribution in [0.3, 0.4) is 0 Å². The Morgan fingerprint density at radius 1 is 1.62 bits per heavy atom. The smallest absolute Gasteiger partial charge is 0.193 e. The van der Waals surface area contributed by atoms with Gasteiger partial charge in [0.25, 0.3) is 0 Å². The normalized spacial score (nSPS) is 28.2. The molecule has 1 aliphatic heterocycles. The van der Waals surface area contributed by atoms with Gasteiger partial charge in [-0.1, -0.05) is 11.6 Å². The van der Waals surface area contributed by atoms with Crippen molar-refractivity contribution in [3.63, 3.8) is 0 Å². The van der Waals surface area contributed by atoms with E-state index >= 15 is 0 Å². The zero-order chi connectivity index (χ0) is 9.26. The van der Waals surface area contributed by atoms with E-state index in [9.17, 15) is 0 Å². The maximum atomic E-state index is 8.81. The van der Waals surface area contributed by atoms with E-state index in [1.807, 2.05) is 6.07 Å². The van der Waals surface area contributed by atoms with Crippen molar-refractivity contribution in [3.8, 4) is 0 Å². The molecule has 1 saturated heterocycles. The van der Waals surface area contributed by atoms with E-state index < -0.39 is 0 Å². The van der Waals surface area contributed by atoms with Crippen LogP contribution in [0.4, 0.5) is 0 Å². The van der Waals surface area contributed by atoms with Crippen LogP contribution in [0.1, 0.15) is 11.2 Å². The highest BCUT2D eigenvalue weighted by Gasteiger charge is 2.27. The third-order valence-corrected chi connectivity index (χ3v) is 3.03. The van der Waals surface area contributed by atoms with Crippen LogP contribution in [0.2, 0.25) is 4.34 Å². The highest BCUT2D eigenvalue weighted by Crippen LogP contribution is 2.33. The van der Waals surface area contributed by atoms with Gasteiger partial charge in [0.1, 0.15) is 6.10 Å². The van der Waals surface area contributed by atoms with E-state index in [0.717, 1.165) is 9.21 Å². The van der Waals surface area contributed by atoms with Gasteiger partial charge in [-0.15, -0.1) is 11.3 Å². The van der Waals surface area contributed by atoms with Crippen LogP contribution in [0.15, 0.2) is 12.1 Å². The Hall–Kier alpha value is -0.130. The van der Waals surface area contributed by atoms with E-state index in [1.165, 1.54) is 11.3 Å². The molecule has 2 atom stereocenters. The Morgan fingerprint density at radius 3 is 3.00 bits per heavy atom. The molecule has 1 aromatic heterocycles. The maximum Gasteiger partial charge on any atom is 0.193 e. The maximum absolute atomic E-state index is 8.81. The van der Waals surface area contributed by atoms with Gasteiger partial charge in [-0.25, -0.2) is 0 Å². The van der Waals surface area contributed by atoms with E-state index in [4.69, 9.17) is 26.2 Å². The number of ether oxygens (including phenoxy) is 2. The van der Waals surface area contributed by atoms with Crippen molar-refractivity contribution in [1.29, 1.82) is 0 Å². The first-order chi connectivity index (χ1) is 6.29. The molecule has 1 aromatic rings. The summed E-state index contributed by atoms with van der Waals surface area (Å²) in [6.45, 7) is 0.437. The molecule has 0 radical (unpaired) electrons. The Kier molecular flexibility index (Phi) is 2.86. The second-order valence-corrected chi connectivity index (χ2v) is 4.49. The first-order valence-electron chi connectivity index (χ1n) is 3.93. The van der Waals surface area contributed by atoms with Crippen LogP contribution >= 0.6 is 22.9 Å². The number of hydrogen-bond donors (Lipinski definition) is 1. The summed E-state index contributed by atoms with van der Waals surface area (Å²) in [5, 5.41) is 8.81. The van der Waals surface area contributed by atoms with E-state index in [1.54, 1.807) is 6.07 Å². The second-order valence-electron chi connectivity index (χ2n) is 2.75. The highest BCUT2D eigenvalue weighted by molar-refractivity contribution is 7.16. The third-order valence-electron chi connectivity index (χ3n) is 1.78. The minimum Gasteiger partial charge on any atom is -0.394 e. The van der Waals surface area contributed by atoms with Gasteiger partial charge < -0.3 is 14.6 Å². The summed E-state index contributed by atoms with van der Waals surface area (Å²) in [6, 6.07) is 3.68. The van der Waals surface area contributed by atoms with Gasteiger partial charge in [0, 0.05) is 0 Å². The molecule has 72 valence electrons. The predicted molar refractivity (Wildman–Crippen MR) is 50.0 cm³/mol. The lowest BCUT2D eigenvalue weighted by Crippen LogP contribution is -2.14. The second kappa shape index (κ2) is 3.94.